The summed E-state index contributed by atoms with van der Waals surface area (Å²) in [4.78, 5) is 15.4. The van der Waals surface area contributed by atoms with Crippen molar-refractivity contribution in [3.63, 3.8) is 0 Å². The summed E-state index contributed by atoms with van der Waals surface area (Å²) in [6.45, 7) is 0.909. The monoisotopic (exact) mass is 396 g/mol. The SMILES string of the molecule is COCCNC(N)=NCC(=O)Nc1ccc(F)cc1.I. The van der Waals surface area contributed by atoms with E-state index >= 15 is 0 Å². The molecule has 0 aliphatic heterocycles. The van der Waals surface area contributed by atoms with Crippen LogP contribution in [-0.4, -0.2) is 38.7 Å². The van der Waals surface area contributed by atoms with Gasteiger partial charge in [-0.15, -0.1) is 24.0 Å². The van der Waals surface area contributed by atoms with Crippen LogP contribution >= 0.6 is 24.0 Å². The number of amides is 1. The van der Waals surface area contributed by atoms with Crippen LogP contribution in [0.4, 0.5) is 10.1 Å². The normalized spacial score (nSPS) is 10.6. The summed E-state index contributed by atoms with van der Waals surface area (Å²) in [5.74, 6) is -0.517. The van der Waals surface area contributed by atoms with Crippen LogP contribution in [0.2, 0.25) is 0 Å². The summed E-state index contributed by atoms with van der Waals surface area (Å²) in [5, 5.41) is 5.35. The second-order valence-electron chi connectivity index (χ2n) is 3.68. The quantitative estimate of drug-likeness (QED) is 0.289. The summed E-state index contributed by atoms with van der Waals surface area (Å²) >= 11 is 0. The zero-order chi connectivity index (χ0) is 14.1. The third-order valence-corrected chi connectivity index (χ3v) is 2.13. The molecular weight excluding hydrogens is 378 g/mol. The molecule has 4 N–H and O–H groups in total. The first-order valence-corrected chi connectivity index (χ1v) is 5.70. The van der Waals surface area contributed by atoms with Crippen LogP contribution in [0.3, 0.4) is 0 Å². The summed E-state index contributed by atoms with van der Waals surface area (Å²) in [5.41, 5.74) is 6.04. The molecule has 8 heteroatoms. The molecule has 1 aromatic carbocycles. The number of halogens is 2. The second-order valence-corrected chi connectivity index (χ2v) is 3.68. The van der Waals surface area contributed by atoms with E-state index in [1.54, 1.807) is 7.11 Å². The molecule has 0 aliphatic carbocycles. The van der Waals surface area contributed by atoms with Gasteiger partial charge in [-0.1, -0.05) is 0 Å². The van der Waals surface area contributed by atoms with Crippen molar-refractivity contribution in [1.82, 2.24) is 5.32 Å². The number of ether oxygens (including phenoxy) is 1. The van der Waals surface area contributed by atoms with Crippen molar-refractivity contribution >= 4 is 41.5 Å². The number of nitrogens with two attached hydrogens (primary N) is 1. The van der Waals surface area contributed by atoms with Crippen LogP contribution in [0.5, 0.6) is 0 Å². The number of benzene rings is 1. The lowest BCUT2D eigenvalue weighted by atomic mass is 10.3. The van der Waals surface area contributed by atoms with Gasteiger partial charge in [-0.05, 0) is 24.3 Å². The van der Waals surface area contributed by atoms with Gasteiger partial charge >= 0.3 is 0 Å². The van der Waals surface area contributed by atoms with E-state index in [0.29, 0.717) is 18.8 Å². The van der Waals surface area contributed by atoms with Gasteiger partial charge in [-0.2, -0.15) is 0 Å². The number of nitrogens with one attached hydrogen (secondary N) is 2. The van der Waals surface area contributed by atoms with Crippen molar-refractivity contribution in [3.8, 4) is 0 Å². The average molecular weight is 396 g/mol. The smallest absolute Gasteiger partial charge is 0.246 e. The lowest BCUT2D eigenvalue weighted by molar-refractivity contribution is -0.114. The number of anilines is 1. The van der Waals surface area contributed by atoms with E-state index in [9.17, 15) is 9.18 Å². The fraction of sp³-hybridized carbons (Fsp3) is 0.333. The van der Waals surface area contributed by atoms with E-state index in [0.717, 1.165) is 0 Å². The molecule has 6 nitrogen and oxygen atoms in total. The number of aliphatic imine (C=N–C) groups is 1. The van der Waals surface area contributed by atoms with Crippen molar-refractivity contribution in [3.05, 3.63) is 30.1 Å². The molecule has 0 radical (unpaired) electrons. The van der Waals surface area contributed by atoms with Crippen LogP contribution in [0.25, 0.3) is 0 Å². The van der Waals surface area contributed by atoms with Crippen molar-refractivity contribution in [1.29, 1.82) is 0 Å². The number of rotatable bonds is 6. The summed E-state index contributed by atoms with van der Waals surface area (Å²) in [7, 11) is 1.57. The van der Waals surface area contributed by atoms with Crippen LogP contribution in [-0.2, 0) is 9.53 Å². The third-order valence-electron chi connectivity index (χ3n) is 2.13. The highest BCUT2D eigenvalue weighted by Crippen LogP contribution is 2.07. The van der Waals surface area contributed by atoms with E-state index in [-0.39, 0.29) is 48.2 Å². The largest absolute Gasteiger partial charge is 0.383 e. The molecule has 112 valence electrons. The average Bonchev–Trinajstić information content (AvgIpc) is 2.39. The van der Waals surface area contributed by atoms with Gasteiger partial charge in [0.2, 0.25) is 5.91 Å². The minimum atomic E-state index is -0.359. The molecule has 0 spiro atoms. The second kappa shape index (κ2) is 10.4. The molecule has 20 heavy (non-hydrogen) atoms. The minimum Gasteiger partial charge on any atom is -0.383 e. The summed E-state index contributed by atoms with van der Waals surface area (Å²) < 4.78 is 17.5. The molecule has 0 heterocycles. The Morgan fingerprint density at radius 3 is 2.65 bits per heavy atom. The van der Waals surface area contributed by atoms with Crippen LogP contribution in [0.1, 0.15) is 0 Å². The molecule has 0 aliphatic rings. The van der Waals surface area contributed by atoms with Crippen LogP contribution in [0, 0.1) is 5.82 Å². The van der Waals surface area contributed by atoms with Crippen molar-refractivity contribution in [2.45, 2.75) is 0 Å². The minimum absolute atomic E-state index is 0. The first-order valence-electron chi connectivity index (χ1n) is 5.70. The Labute approximate surface area is 134 Å². The van der Waals surface area contributed by atoms with Gasteiger partial charge in [0, 0.05) is 19.3 Å². The predicted octanol–water partition coefficient (Wildman–Crippen LogP) is 0.933. The van der Waals surface area contributed by atoms with E-state index in [1.807, 2.05) is 0 Å². The first-order chi connectivity index (χ1) is 9.11. The van der Waals surface area contributed by atoms with Crippen LogP contribution < -0.4 is 16.4 Å². The highest BCUT2D eigenvalue weighted by molar-refractivity contribution is 14.0. The molecule has 0 fully saturated rings. The van der Waals surface area contributed by atoms with E-state index in [1.165, 1.54) is 24.3 Å². The number of hydrogen-bond donors (Lipinski definition) is 3. The van der Waals surface area contributed by atoms with E-state index < -0.39 is 0 Å². The fourth-order valence-corrected chi connectivity index (χ4v) is 1.23. The number of nitrogens with zero attached hydrogens (tertiary/aromatic N) is 1. The first kappa shape index (κ1) is 18.6. The van der Waals surface area contributed by atoms with E-state index in [4.69, 9.17) is 10.5 Å². The number of carbonyl (C=O) groups excluding carboxylic acids is 1. The Bertz CT molecular complexity index is 440. The maximum absolute atomic E-state index is 12.7. The van der Waals surface area contributed by atoms with Crippen LogP contribution in [0.15, 0.2) is 29.3 Å². The molecule has 0 saturated carbocycles. The molecule has 0 saturated heterocycles. The van der Waals surface area contributed by atoms with Gasteiger partial charge in [0.15, 0.2) is 5.96 Å². The lowest BCUT2D eigenvalue weighted by Gasteiger charge is -2.05. The van der Waals surface area contributed by atoms with Crippen molar-refractivity contribution < 1.29 is 13.9 Å². The molecule has 1 amide bonds. The number of methoxy groups -OCH3 is 1. The predicted molar refractivity (Wildman–Crippen MR) is 86.8 cm³/mol. The molecule has 0 atom stereocenters. The topological polar surface area (TPSA) is 88.7 Å². The number of hydrogen-bond acceptors (Lipinski definition) is 3. The Morgan fingerprint density at radius 1 is 1.40 bits per heavy atom. The van der Waals surface area contributed by atoms with Gasteiger partial charge in [0.05, 0.1) is 6.61 Å². The van der Waals surface area contributed by atoms with Gasteiger partial charge in [-0.25, -0.2) is 9.38 Å². The zero-order valence-electron chi connectivity index (χ0n) is 11.1. The molecule has 0 bridgehead atoms. The van der Waals surface area contributed by atoms with Crippen molar-refractivity contribution in [2.75, 3.05) is 32.1 Å². The Balaban J connectivity index is 0.00000361. The highest BCUT2D eigenvalue weighted by Gasteiger charge is 2.01. The molecule has 0 unspecified atom stereocenters. The Morgan fingerprint density at radius 2 is 2.05 bits per heavy atom. The molecule has 0 aromatic heterocycles. The zero-order valence-corrected chi connectivity index (χ0v) is 13.4. The summed E-state index contributed by atoms with van der Waals surface area (Å²) in [6.07, 6.45) is 0. The van der Waals surface area contributed by atoms with Gasteiger partial charge in [0.25, 0.3) is 0 Å². The van der Waals surface area contributed by atoms with E-state index in [2.05, 4.69) is 15.6 Å². The molecule has 1 aromatic rings. The summed E-state index contributed by atoms with van der Waals surface area (Å²) in [6, 6.07) is 5.47. The van der Waals surface area contributed by atoms with Gasteiger partial charge in [-0.3, -0.25) is 4.79 Å². The fourth-order valence-electron chi connectivity index (χ4n) is 1.23. The number of carbonyl (C=O) groups is 1. The molecular formula is C12H18FIN4O2. The molecule has 1 rings (SSSR count). The lowest BCUT2D eigenvalue weighted by Crippen LogP contribution is -2.35. The maximum atomic E-state index is 12.7. The third kappa shape index (κ3) is 7.89. The van der Waals surface area contributed by atoms with Gasteiger partial charge in [0.1, 0.15) is 12.4 Å². The van der Waals surface area contributed by atoms with Gasteiger partial charge < -0.3 is 21.1 Å². The Hall–Kier alpha value is -1.42. The van der Waals surface area contributed by atoms with Crippen molar-refractivity contribution in [2.24, 2.45) is 10.7 Å². The standard InChI is InChI=1S/C12H17FN4O2.HI/c1-19-7-6-15-12(14)16-8-11(18)17-10-4-2-9(13)3-5-10;/h2-5H,6-8H2,1H3,(H,17,18)(H3,14,15,16);1H. The maximum Gasteiger partial charge on any atom is 0.246 e. The highest BCUT2D eigenvalue weighted by atomic mass is 127. The number of guanidine groups is 1. The Kier molecular flexibility index (Phi) is 9.64.